The Morgan fingerprint density at radius 3 is 2.81 bits per heavy atom. The number of halogens is 1. The van der Waals surface area contributed by atoms with Crippen molar-refractivity contribution >= 4 is 28.8 Å². The van der Waals surface area contributed by atoms with E-state index in [9.17, 15) is 4.79 Å². The van der Waals surface area contributed by atoms with Gasteiger partial charge in [-0.15, -0.1) is 11.3 Å². The Kier molecular flexibility index (Phi) is 4.66. The van der Waals surface area contributed by atoms with E-state index >= 15 is 0 Å². The van der Waals surface area contributed by atoms with Crippen LogP contribution in [0.2, 0.25) is 4.34 Å². The molecule has 0 aliphatic carbocycles. The molecule has 0 saturated heterocycles. The fraction of sp³-hybridized carbons (Fsp3) is 0.238. The molecular formula is C21H20ClN3OS. The van der Waals surface area contributed by atoms with Gasteiger partial charge in [-0.2, -0.15) is 5.10 Å². The van der Waals surface area contributed by atoms with Gasteiger partial charge in [0, 0.05) is 35.6 Å². The molecule has 1 atom stereocenters. The minimum Gasteiger partial charge on any atom is -0.333 e. The summed E-state index contributed by atoms with van der Waals surface area (Å²) in [5, 5.41) is 4.40. The SMILES string of the molecule is C=CC(=O)N1Cc2sc(Cl)cc2[C@H](c2ccccc2-c2cnn(C)c2C)C1. The van der Waals surface area contributed by atoms with Crippen LogP contribution in [0, 0.1) is 6.92 Å². The number of hydrogen-bond donors (Lipinski definition) is 0. The third-order valence-electron chi connectivity index (χ3n) is 5.27. The molecule has 0 fully saturated rings. The predicted molar refractivity (Wildman–Crippen MR) is 110 cm³/mol. The maximum atomic E-state index is 12.3. The lowest BCUT2D eigenvalue weighted by Crippen LogP contribution is -2.37. The van der Waals surface area contributed by atoms with Crippen LogP contribution in [-0.2, 0) is 18.4 Å². The van der Waals surface area contributed by atoms with Crippen LogP contribution in [0.3, 0.4) is 0 Å². The van der Waals surface area contributed by atoms with Crippen molar-refractivity contribution in [3.05, 3.63) is 75.2 Å². The summed E-state index contributed by atoms with van der Waals surface area (Å²) in [6.07, 6.45) is 3.29. The molecule has 3 aromatic rings. The first-order valence-electron chi connectivity index (χ1n) is 8.77. The van der Waals surface area contributed by atoms with E-state index in [4.69, 9.17) is 11.6 Å². The number of fused-ring (bicyclic) bond motifs is 1. The minimum absolute atomic E-state index is 0.0507. The highest BCUT2D eigenvalue weighted by Crippen LogP contribution is 2.43. The van der Waals surface area contributed by atoms with E-state index in [1.54, 1.807) is 11.3 Å². The van der Waals surface area contributed by atoms with Gasteiger partial charge in [-0.25, -0.2) is 0 Å². The lowest BCUT2D eigenvalue weighted by Gasteiger charge is -2.33. The smallest absolute Gasteiger partial charge is 0.246 e. The molecule has 0 bridgehead atoms. The highest BCUT2D eigenvalue weighted by Gasteiger charge is 2.32. The summed E-state index contributed by atoms with van der Waals surface area (Å²) in [4.78, 5) is 15.3. The maximum Gasteiger partial charge on any atom is 0.246 e. The first-order valence-corrected chi connectivity index (χ1v) is 9.96. The van der Waals surface area contributed by atoms with Crippen LogP contribution in [0.4, 0.5) is 0 Å². The van der Waals surface area contributed by atoms with E-state index in [0.717, 1.165) is 26.0 Å². The average Bonchev–Trinajstić information content (AvgIpc) is 3.21. The van der Waals surface area contributed by atoms with Gasteiger partial charge in [-0.3, -0.25) is 9.48 Å². The van der Waals surface area contributed by atoms with Gasteiger partial charge < -0.3 is 4.90 Å². The van der Waals surface area contributed by atoms with E-state index in [1.165, 1.54) is 17.2 Å². The van der Waals surface area contributed by atoms with E-state index < -0.39 is 0 Å². The normalized spacial score (nSPS) is 16.3. The Balaban J connectivity index is 1.86. The summed E-state index contributed by atoms with van der Waals surface area (Å²) < 4.78 is 2.64. The molecule has 0 saturated carbocycles. The summed E-state index contributed by atoms with van der Waals surface area (Å²) in [5.41, 5.74) is 5.77. The zero-order chi connectivity index (χ0) is 19.1. The second-order valence-electron chi connectivity index (χ2n) is 6.76. The number of hydrogen-bond acceptors (Lipinski definition) is 3. The van der Waals surface area contributed by atoms with Crippen LogP contribution in [0.5, 0.6) is 0 Å². The Morgan fingerprint density at radius 1 is 1.33 bits per heavy atom. The molecule has 0 spiro atoms. The lowest BCUT2D eigenvalue weighted by molar-refractivity contribution is -0.127. The van der Waals surface area contributed by atoms with Crippen LogP contribution in [0.1, 0.15) is 27.6 Å². The van der Waals surface area contributed by atoms with Crippen LogP contribution >= 0.6 is 22.9 Å². The largest absolute Gasteiger partial charge is 0.333 e. The molecule has 1 aromatic carbocycles. The van der Waals surface area contributed by atoms with Gasteiger partial charge in [0.15, 0.2) is 0 Å². The van der Waals surface area contributed by atoms with Crippen molar-refractivity contribution < 1.29 is 4.79 Å². The van der Waals surface area contributed by atoms with Crippen molar-refractivity contribution in [1.82, 2.24) is 14.7 Å². The molecule has 0 unspecified atom stereocenters. The second kappa shape index (κ2) is 6.98. The monoisotopic (exact) mass is 397 g/mol. The lowest BCUT2D eigenvalue weighted by atomic mass is 9.84. The number of carbonyl (C=O) groups is 1. The topological polar surface area (TPSA) is 38.1 Å². The van der Waals surface area contributed by atoms with Crippen molar-refractivity contribution in [1.29, 1.82) is 0 Å². The molecule has 1 amide bonds. The van der Waals surface area contributed by atoms with Crippen molar-refractivity contribution in [2.24, 2.45) is 7.05 Å². The number of amides is 1. The molecule has 1 aliphatic heterocycles. The van der Waals surface area contributed by atoms with E-state index in [-0.39, 0.29) is 11.8 Å². The van der Waals surface area contributed by atoms with Crippen LogP contribution in [0.25, 0.3) is 11.1 Å². The maximum absolute atomic E-state index is 12.3. The van der Waals surface area contributed by atoms with Crippen molar-refractivity contribution in [2.75, 3.05) is 6.54 Å². The number of thiophene rings is 1. The summed E-state index contributed by atoms with van der Waals surface area (Å²) in [5.74, 6) is 0.0161. The van der Waals surface area contributed by atoms with Crippen molar-refractivity contribution in [2.45, 2.75) is 19.4 Å². The van der Waals surface area contributed by atoms with Crippen LogP contribution in [0.15, 0.2) is 49.2 Å². The number of carbonyl (C=O) groups excluding carboxylic acids is 1. The van der Waals surface area contributed by atoms with Crippen molar-refractivity contribution in [3.8, 4) is 11.1 Å². The molecule has 0 N–H and O–H groups in total. The predicted octanol–water partition coefficient (Wildman–Crippen LogP) is 4.77. The van der Waals surface area contributed by atoms with Crippen LogP contribution < -0.4 is 0 Å². The first-order chi connectivity index (χ1) is 13.0. The standard InChI is InChI=1S/C21H20ClN3OS/c1-4-21(26)25-11-18(16-9-20(22)27-19(16)12-25)15-8-6-5-7-14(15)17-10-23-24(3)13(17)2/h4-10,18H,1,11-12H2,2-3H3/t18-/m0/s1. The highest BCUT2D eigenvalue weighted by molar-refractivity contribution is 7.16. The second-order valence-corrected chi connectivity index (χ2v) is 8.53. The zero-order valence-corrected chi connectivity index (χ0v) is 16.8. The van der Waals surface area contributed by atoms with Gasteiger partial charge >= 0.3 is 0 Å². The third kappa shape index (κ3) is 3.11. The molecule has 4 rings (SSSR count). The average molecular weight is 398 g/mol. The fourth-order valence-electron chi connectivity index (χ4n) is 3.76. The summed E-state index contributed by atoms with van der Waals surface area (Å²) in [6, 6.07) is 10.4. The van der Waals surface area contributed by atoms with Gasteiger partial charge in [0.25, 0.3) is 0 Å². The van der Waals surface area contributed by atoms with Gasteiger partial charge in [0.05, 0.1) is 17.1 Å². The summed E-state index contributed by atoms with van der Waals surface area (Å²) in [7, 11) is 1.95. The molecular weight excluding hydrogens is 378 g/mol. The third-order valence-corrected chi connectivity index (χ3v) is 6.54. The Bertz CT molecular complexity index is 1040. The van der Waals surface area contributed by atoms with Crippen LogP contribution in [-0.4, -0.2) is 27.1 Å². The minimum atomic E-state index is -0.0507. The molecule has 4 nitrogen and oxygen atoms in total. The van der Waals surface area contributed by atoms with Gasteiger partial charge in [0.1, 0.15) is 0 Å². The molecule has 138 valence electrons. The number of nitrogens with zero attached hydrogens (tertiary/aromatic N) is 3. The Morgan fingerprint density at radius 2 is 2.11 bits per heavy atom. The van der Waals surface area contributed by atoms with Gasteiger partial charge in [0.2, 0.25) is 5.91 Å². The van der Waals surface area contributed by atoms with E-state index in [2.05, 4.69) is 36.8 Å². The quantitative estimate of drug-likeness (QED) is 0.597. The molecule has 1 aliphatic rings. The Hall–Kier alpha value is -2.37. The molecule has 0 radical (unpaired) electrons. The van der Waals surface area contributed by atoms with E-state index in [0.29, 0.717) is 13.1 Å². The van der Waals surface area contributed by atoms with Gasteiger partial charge in [-0.1, -0.05) is 42.4 Å². The Labute approximate surface area is 167 Å². The summed E-state index contributed by atoms with van der Waals surface area (Å²) >= 11 is 7.88. The molecule has 6 heteroatoms. The highest BCUT2D eigenvalue weighted by atomic mass is 35.5. The number of rotatable bonds is 3. The molecule has 27 heavy (non-hydrogen) atoms. The zero-order valence-electron chi connectivity index (χ0n) is 15.3. The number of aryl methyl sites for hydroxylation is 1. The fourth-order valence-corrected chi connectivity index (χ4v) is 5.11. The van der Waals surface area contributed by atoms with E-state index in [1.807, 2.05) is 35.0 Å². The number of benzene rings is 1. The number of aromatic nitrogens is 2. The summed E-state index contributed by atoms with van der Waals surface area (Å²) in [6.45, 7) is 6.92. The first kappa shape index (κ1) is 18.0. The van der Waals surface area contributed by atoms with Gasteiger partial charge in [-0.05, 0) is 35.8 Å². The molecule has 3 heterocycles. The van der Waals surface area contributed by atoms with Crippen molar-refractivity contribution in [3.63, 3.8) is 0 Å². The molecule has 2 aromatic heterocycles.